The Morgan fingerprint density at radius 3 is 1.94 bits per heavy atom. The number of nitrogens with one attached hydrogen (secondary N) is 2. The molecule has 258 valence electrons. The van der Waals surface area contributed by atoms with Crippen molar-refractivity contribution in [3.05, 3.63) is 74.9 Å². The van der Waals surface area contributed by atoms with Crippen LogP contribution in [0.1, 0.15) is 104 Å². The normalized spacial score (nSPS) is 12.7. The molecule has 0 saturated carbocycles. The average Bonchev–Trinajstić information content (AvgIpc) is 3.75. The average molecular weight is 704 g/mol. The van der Waals surface area contributed by atoms with E-state index in [0.29, 0.717) is 24.2 Å². The number of carbonyl (C=O) groups is 2. The maximum atomic E-state index is 12.3. The van der Waals surface area contributed by atoms with Gasteiger partial charge in [0.05, 0.1) is 48.6 Å². The molecule has 8 bridgehead atoms. The number of hydrogen-bond donors (Lipinski definition) is 2. The first-order valence-electron chi connectivity index (χ1n) is 16.4. The molecule has 10 heteroatoms. The van der Waals surface area contributed by atoms with E-state index in [9.17, 15) is 14.9 Å². The molecule has 0 saturated heterocycles. The fourth-order valence-corrected chi connectivity index (χ4v) is 6.88. The quantitative estimate of drug-likeness (QED) is 0.130. The van der Waals surface area contributed by atoms with Crippen molar-refractivity contribution in [3.63, 3.8) is 0 Å². The third-order valence-corrected chi connectivity index (χ3v) is 9.61. The van der Waals surface area contributed by atoms with Gasteiger partial charge in [-0.15, -0.1) is 0 Å². The minimum Gasteiger partial charge on any atom is -0.469 e. The number of H-pyrrole nitrogens is 2. The summed E-state index contributed by atoms with van der Waals surface area (Å²) in [6.07, 6.45) is 6.19. The Balaban J connectivity index is 0.00000541. The largest absolute Gasteiger partial charge is 0.469 e. The van der Waals surface area contributed by atoms with Gasteiger partial charge in [-0.3, -0.25) is 9.59 Å². The molecule has 0 aromatic carbocycles. The Morgan fingerprint density at radius 2 is 1.35 bits per heavy atom. The molecule has 9 nitrogen and oxygen atoms in total. The summed E-state index contributed by atoms with van der Waals surface area (Å²) >= 11 is 0. The van der Waals surface area contributed by atoms with Crippen LogP contribution in [0.2, 0.25) is 0 Å². The van der Waals surface area contributed by atoms with Crippen molar-refractivity contribution in [2.24, 2.45) is 0 Å². The van der Waals surface area contributed by atoms with E-state index in [1.54, 1.807) is 6.08 Å². The number of nitriles is 1. The molecule has 0 fully saturated rings. The van der Waals surface area contributed by atoms with Gasteiger partial charge in [-0.25, -0.2) is 9.97 Å². The maximum Gasteiger partial charge on any atom is 0.305 e. The van der Waals surface area contributed by atoms with Gasteiger partial charge >= 0.3 is 11.9 Å². The van der Waals surface area contributed by atoms with Gasteiger partial charge in [0.25, 0.3) is 0 Å². The monoisotopic (exact) mass is 703 g/mol. The number of allylic oxidation sites excluding steroid dienone is 5. The minimum absolute atomic E-state index is 0. The van der Waals surface area contributed by atoms with Crippen molar-refractivity contribution in [3.8, 4) is 6.07 Å². The summed E-state index contributed by atoms with van der Waals surface area (Å²) in [7, 11) is 2.78. The summed E-state index contributed by atoms with van der Waals surface area (Å²) < 4.78 is 9.96. The van der Waals surface area contributed by atoms with Crippen LogP contribution < -0.4 is 0 Å². The molecular formula is C39H43N5NiO4. The second-order valence-electron chi connectivity index (χ2n) is 12.2. The molecule has 2 aliphatic rings. The second kappa shape index (κ2) is 15.7. The number of ether oxygens (including phenoxy) is 2. The van der Waals surface area contributed by atoms with Crippen LogP contribution in [0.5, 0.6) is 0 Å². The van der Waals surface area contributed by atoms with Gasteiger partial charge in [0.2, 0.25) is 0 Å². The van der Waals surface area contributed by atoms with E-state index in [0.717, 1.165) is 79.7 Å². The van der Waals surface area contributed by atoms with Gasteiger partial charge in [-0.05, 0) is 122 Å². The number of rotatable bonds is 9. The summed E-state index contributed by atoms with van der Waals surface area (Å²) in [4.78, 5) is 42.3. The Morgan fingerprint density at radius 1 is 0.776 bits per heavy atom. The van der Waals surface area contributed by atoms with Crippen molar-refractivity contribution in [2.45, 2.75) is 80.1 Å². The van der Waals surface area contributed by atoms with E-state index in [1.165, 1.54) is 37.0 Å². The molecule has 3 aromatic rings. The van der Waals surface area contributed by atoms with Gasteiger partial charge < -0.3 is 19.4 Å². The van der Waals surface area contributed by atoms with Crippen LogP contribution in [-0.2, 0) is 48.4 Å². The molecule has 49 heavy (non-hydrogen) atoms. The Bertz CT molecular complexity index is 2120. The summed E-state index contributed by atoms with van der Waals surface area (Å²) in [5.74, 6) is -0.606. The zero-order chi connectivity index (χ0) is 34.7. The van der Waals surface area contributed by atoms with Crippen LogP contribution in [0, 0.1) is 25.2 Å². The molecular weight excluding hydrogens is 661 g/mol. The van der Waals surface area contributed by atoms with Crippen molar-refractivity contribution in [1.29, 1.82) is 5.26 Å². The SMILES string of the molecule is CCc1c(C)c2cc3[nH]c(c(C)c3CC)c(C=CC#N)c3nc(cc4nc(cc1[nH]2)C(C)=C4CCC(=O)OC)C(CCC(=O)OC)=C3C.[Ni]. The number of hydrogen-bond acceptors (Lipinski definition) is 7. The number of methoxy groups -OCH3 is 2. The summed E-state index contributed by atoms with van der Waals surface area (Å²) in [6, 6.07) is 8.38. The molecule has 0 spiro atoms. The Hall–Kier alpha value is -4.74. The molecule has 0 radical (unpaired) electrons. The van der Waals surface area contributed by atoms with Crippen LogP contribution in [-0.4, -0.2) is 46.1 Å². The molecule has 3 aromatic heterocycles. The van der Waals surface area contributed by atoms with Crippen molar-refractivity contribution >= 4 is 62.4 Å². The van der Waals surface area contributed by atoms with Gasteiger partial charge in [0.1, 0.15) is 0 Å². The third kappa shape index (κ3) is 7.18. The topological polar surface area (TPSA) is 134 Å². The molecule has 2 aliphatic heterocycles. The zero-order valence-electron chi connectivity index (χ0n) is 29.4. The van der Waals surface area contributed by atoms with Crippen LogP contribution >= 0.6 is 0 Å². The number of aromatic nitrogens is 4. The number of aromatic amines is 2. The number of nitrogens with zero attached hydrogens (tertiary/aromatic N) is 3. The van der Waals surface area contributed by atoms with E-state index in [2.05, 4.69) is 55.9 Å². The smallest absolute Gasteiger partial charge is 0.305 e. The van der Waals surface area contributed by atoms with Crippen molar-refractivity contribution < 1.29 is 35.6 Å². The summed E-state index contributed by atoms with van der Waals surface area (Å²) in [6.45, 7) is 12.6. The molecule has 0 amide bonds. The van der Waals surface area contributed by atoms with Gasteiger partial charge in [-0.2, -0.15) is 5.26 Å². The first-order valence-corrected chi connectivity index (χ1v) is 16.4. The summed E-state index contributed by atoms with van der Waals surface area (Å²) in [5, 5.41) is 9.61. The maximum absolute atomic E-state index is 12.3. The second-order valence-corrected chi connectivity index (χ2v) is 12.2. The fourth-order valence-electron chi connectivity index (χ4n) is 6.88. The van der Waals surface area contributed by atoms with Crippen molar-refractivity contribution in [1.82, 2.24) is 19.9 Å². The zero-order valence-corrected chi connectivity index (χ0v) is 30.4. The first-order chi connectivity index (χ1) is 23.1. The van der Waals surface area contributed by atoms with E-state index in [-0.39, 0.29) is 41.3 Å². The van der Waals surface area contributed by atoms with Crippen LogP contribution in [0.3, 0.4) is 0 Å². The van der Waals surface area contributed by atoms with Gasteiger partial charge in [0, 0.05) is 57.5 Å². The van der Waals surface area contributed by atoms with E-state index in [1.807, 2.05) is 19.9 Å². The van der Waals surface area contributed by atoms with Crippen LogP contribution in [0.25, 0.3) is 50.4 Å². The molecule has 0 unspecified atom stereocenters. The van der Waals surface area contributed by atoms with Gasteiger partial charge in [0.15, 0.2) is 0 Å². The number of fused-ring (bicyclic) bond motifs is 8. The van der Waals surface area contributed by atoms with E-state index >= 15 is 0 Å². The van der Waals surface area contributed by atoms with Crippen molar-refractivity contribution in [2.75, 3.05) is 14.2 Å². The molecule has 0 atom stereocenters. The fraction of sp³-hybridized carbons (Fsp3) is 0.359. The first kappa shape index (κ1) is 37.1. The minimum atomic E-state index is -0.312. The summed E-state index contributed by atoms with van der Waals surface area (Å²) in [5.41, 5.74) is 16.0. The number of carbonyl (C=O) groups excluding carboxylic acids is 2. The Labute approximate surface area is 297 Å². The third-order valence-electron chi connectivity index (χ3n) is 9.61. The Kier molecular flexibility index (Phi) is 11.8. The molecule has 2 N–H and O–H groups in total. The van der Waals surface area contributed by atoms with Gasteiger partial charge in [-0.1, -0.05) is 13.8 Å². The van der Waals surface area contributed by atoms with E-state index in [4.69, 9.17) is 19.4 Å². The molecule has 0 aliphatic carbocycles. The molecule has 5 rings (SSSR count). The number of esters is 2. The predicted molar refractivity (Wildman–Crippen MR) is 191 cm³/mol. The van der Waals surface area contributed by atoms with Crippen LogP contribution in [0.15, 0.2) is 24.3 Å². The van der Waals surface area contributed by atoms with Crippen LogP contribution in [0.4, 0.5) is 0 Å². The van der Waals surface area contributed by atoms with E-state index < -0.39 is 0 Å². The molecule has 5 heterocycles. The standard InChI is InChI=1S/C39H43N5O4.Ni/c1-9-25-21(3)30-19-33-26(10-2)23(5)38(43-33)29(12-11-17-40)39-24(6)28(14-16-37(46)48-8)35(44-39)20-34-27(13-15-36(45)47-7)22(4)31(42-34)18-32(25)41-30;/h11-12,18-20,41,43H,9-10,13-16H2,1-8H3;. The number of aryl methyl sites for hydroxylation is 4. The predicted octanol–water partition coefficient (Wildman–Crippen LogP) is 8.36.